The predicted molar refractivity (Wildman–Crippen MR) is 69.8 cm³/mol. The summed E-state index contributed by atoms with van der Waals surface area (Å²) in [4.78, 5) is 3.33. The molecule has 0 bridgehead atoms. The fraction of sp³-hybridized carbons (Fsp3) is 0.333. The number of nitrogens with two attached hydrogens (primary N) is 1. The zero-order chi connectivity index (χ0) is 11.9. The third-order valence-electron chi connectivity index (χ3n) is 2.59. The van der Waals surface area contributed by atoms with E-state index in [1.807, 2.05) is 32.0 Å². The fourth-order valence-electron chi connectivity index (χ4n) is 1.71. The van der Waals surface area contributed by atoms with Gasteiger partial charge in [-0.1, -0.05) is 0 Å². The van der Waals surface area contributed by atoms with E-state index >= 15 is 0 Å². The quantitative estimate of drug-likeness (QED) is 0.889. The summed E-state index contributed by atoms with van der Waals surface area (Å²) < 4.78 is 6.21. The first-order valence-corrected chi connectivity index (χ1v) is 5.87. The zero-order valence-corrected chi connectivity index (χ0v) is 11.2. The maximum Gasteiger partial charge on any atom is 0.119 e. The molecule has 0 atom stereocenters. The summed E-state index contributed by atoms with van der Waals surface area (Å²) in [7, 11) is 1.66. The van der Waals surface area contributed by atoms with E-state index < -0.39 is 5.54 Å². The van der Waals surface area contributed by atoms with Crippen LogP contribution in [0.15, 0.2) is 22.7 Å². The minimum Gasteiger partial charge on any atom is -0.497 e. The van der Waals surface area contributed by atoms with E-state index in [0.29, 0.717) is 0 Å². The number of methoxy groups -OCH3 is 1. The first kappa shape index (κ1) is 11.5. The molecule has 0 unspecified atom stereocenters. The van der Waals surface area contributed by atoms with E-state index in [-0.39, 0.29) is 0 Å². The summed E-state index contributed by atoms with van der Waals surface area (Å²) >= 11 is 3.58. The van der Waals surface area contributed by atoms with E-state index in [1.54, 1.807) is 7.11 Å². The minimum absolute atomic E-state index is 0.398. The lowest BCUT2D eigenvalue weighted by Crippen LogP contribution is -2.29. The van der Waals surface area contributed by atoms with Gasteiger partial charge in [0.25, 0.3) is 0 Å². The molecular weight excluding hydrogens is 268 g/mol. The highest BCUT2D eigenvalue weighted by atomic mass is 79.9. The van der Waals surface area contributed by atoms with Crippen LogP contribution in [0.2, 0.25) is 0 Å². The van der Waals surface area contributed by atoms with Crippen molar-refractivity contribution in [3.63, 3.8) is 0 Å². The van der Waals surface area contributed by atoms with Gasteiger partial charge in [-0.15, -0.1) is 0 Å². The monoisotopic (exact) mass is 282 g/mol. The van der Waals surface area contributed by atoms with Gasteiger partial charge in [-0.3, -0.25) is 0 Å². The topological polar surface area (TPSA) is 51.0 Å². The van der Waals surface area contributed by atoms with Crippen LogP contribution in [-0.2, 0) is 5.54 Å². The van der Waals surface area contributed by atoms with Crippen molar-refractivity contribution in [3.05, 3.63) is 28.4 Å². The van der Waals surface area contributed by atoms with Crippen LogP contribution in [0.25, 0.3) is 10.9 Å². The largest absolute Gasteiger partial charge is 0.497 e. The zero-order valence-electron chi connectivity index (χ0n) is 9.60. The Bertz CT molecular complexity index is 526. The van der Waals surface area contributed by atoms with Gasteiger partial charge in [0.1, 0.15) is 5.75 Å². The number of aromatic amines is 1. The third kappa shape index (κ3) is 1.83. The fourth-order valence-corrected chi connectivity index (χ4v) is 2.65. The number of benzene rings is 1. The SMILES string of the molecule is COc1ccc2[nH]c(C(C)(C)N)c(Br)c2c1. The maximum atomic E-state index is 6.10. The molecule has 0 aliphatic carbocycles. The number of H-pyrrole nitrogens is 1. The van der Waals surface area contributed by atoms with Crippen molar-refractivity contribution in [3.8, 4) is 5.75 Å². The van der Waals surface area contributed by atoms with Crippen LogP contribution in [0.5, 0.6) is 5.75 Å². The Kier molecular flexibility index (Phi) is 2.72. The minimum atomic E-state index is -0.398. The van der Waals surface area contributed by atoms with Crippen LogP contribution in [0, 0.1) is 0 Å². The Morgan fingerprint density at radius 3 is 2.62 bits per heavy atom. The van der Waals surface area contributed by atoms with Gasteiger partial charge >= 0.3 is 0 Å². The molecule has 3 nitrogen and oxygen atoms in total. The van der Waals surface area contributed by atoms with Crippen molar-refractivity contribution in [1.82, 2.24) is 4.98 Å². The number of ether oxygens (including phenoxy) is 1. The van der Waals surface area contributed by atoms with E-state index in [0.717, 1.165) is 26.8 Å². The molecule has 0 amide bonds. The lowest BCUT2D eigenvalue weighted by atomic mass is 10.0. The van der Waals surface area contributed by atoms with Crippen molar-refractivity contribution >= 4 is 26.8 Å². The van der Waals surface area contributed by atoms with Crippen LogP contribution in [0.4, 0.5) is 0 Å². The number of aromatic nitrogens is 1. The second-order valence-corrected chi connectivity index (χ2v) is 5.24. The van der Waals surface area contributed by atoms with Crippen LogP contribution in [-0.4, -0.2) is 12.1 Å². The first-order chi connectivity index (χ1) is 7.43. The molecule has 1 heterocycles. The van der Waals surface area contributed by atoms with Gasteiger partial charge in [0.15, 0.2) is 0 Å². The molecule has 0 fully saturated rings. The summed E-state index contributed by atoms with van der Waals surface area (Å²) in [5.74, 6) is 0.841. The van der Waals surface area contributed by atoms with Crippen LogP contribution in [0.3, 0.4) is 0 Å². The molecular formula is C12H15BrN2O. The molecule has 0 spiro atoms. The summed E-state index contributed by atoms with van der Waals surface area (Å²) in [5, 5.41) is 1.09. The molecule has 0 aliphatic heterocycles. The molecule has 86 valence electrons. The molecule has 1 aromatic carbocycles. The van der Waals surface area contributed by atoms with Gasteiger partial charge in [-0.05, 0) is 48.0 Å². The Hall–Kier alpha value is -1.00. The molecule has 0 saturated heterocycles. The van der Waals surface area contributed by atoms with Crippen LogP contribution >= 0.6 is 15.9 Å². The van der Waals surface area contributed by atoms with Crippen molar-refractivity contribution in [1.29, 1.82) is 0 Å². The molecule has 3 N–H and O–H groups in total. The highest BCUT2D eigenvalue weighted by Gasteiger charge is 2.21. The van der Waals surface area contributed by atoms with Gasteiger partial charge in [-0.25, -0.2) is 0 Å². The van der Waals surface area contributed by atoms with E-state index in [9.17, 15) is 0 Å². The van der Waals surface area contributed by atoms with E-state index in [1.165, 1.54) is 0 Å². The average Bonchev–Trinajstić information content (AvgIpc) is 2.55. The predicted octanol–water partition coefficient (Wildman–Crippen LogP) is 3.13. The highest BCUT2D eigenvalue weighted by Crippen LogP contribution is 2.34. The number of nitrogens with one attached hydrogen (secondary N) is 1. The summed E-state index contributed by atoms with van der Waals surface area (Å²) in [6, 6.07) is 5.91. The normalized spacial score (nSPS) is 12.1. The molecule has 1 aromatic heterocycles. The second-order valence-electron chi connectivity index (χ2n) is 4.45. The molecule has 2 aromatic rings. The number of rotatable bonds is 2. The Labute approximate surface area is 103 Å². The summed E-state index contributed by atoms with van der Waals surface area (Å²) in [6.45, 7) is 3.94. The number of fused-ring (bicyclic) bond motifs is 1. The van der Waals surface area contributed by atoms with E-state index in [2.05, 4.69) is 20.9 Å². The molecule has 4 heteroatoms. The standard InChI is InChI=1S/C12H15BrN2O/c1-12(2,14)11-10(13)8-6-7(16-3)4-5-9(8)15-11/h4-6,15H,14H2,1-3H3. The highest BCUT2D eigenvalue weighted by molar-refractivity contribution is 9.10. The smallest absolute Gasteiger partial charge is 0.119 e. The van der Waals surface area contributed by atoms with Gasteiger partial charge < -0.3 is 15.5 Å². The number of hydrogen-bond donors (Lipinski definition) is 2. The second kappa shape index (κ2) is 3.79. The van der Waals surface area contributed by atoms with Crippen molar-refractivity contribution in [2.75, 3.05) is 7.11 Å². The van der Waals surface area contributed by atoms with Gasteiger partial charge in [0.2, 0.25) is 0 Å². The molecule has 16 heavy (non-hydrogen) atoms. The maximum absolute atomic E-state index is 6.10. The Morgan fingerprint density at radius 2 is 2.06 bits per heavy atom. The Balaban J connectivity index is 2.69. The Morgan fingerprint density at radius 1 is 1.38 bits per heavy atom. The number of halogens is 1. The van der Waals surface area contributed by atoms with E-state index in [4.69, 9.17) is 10.5 Å². The first-order valence-electron chi connectivity index (χ1n) is 5.08. The van der Waals surface area contributed by atoms with Gasteiger partial charge in [0.05, 0.1) is 12.6 Å². The lowest BCUT2D eigenvalue weighted by molar-refractivity contribution is 0.415. The van der Waals surface area contributed by atoms with Crippen LogP contribution < -0.4 is 10.5 Å². The van der Waals surface area contributed by atoms with Crippen molar-refractivity contribution in [2.24, 2.45) is 5.73 Å². The third-order valence-corrected chi connectivity index (χ3v) is 3.41. The molecule has 0 saturated carbocycles. The molecule has 0 aliphatic rings. The van der Waals surface area contributed by atoms with Gasteiger partial charge in [0, 0.05) is 21.1 Å². The summed E-state index contributed by atoms with van der Waals surface area (Å²) in [5.41, 5.74) is 7.75. The summed E-state index contributed by atoms with van der Waals surface area (Å²) in [6.07, 6.45) is 0. The van der Waals surface area contributed by atoms with Gasteiger partial charge in [-0.2, -0.15) is 0 Å². The molecule has 0 radical (unpaired) electrons. The molecule has 2 rings (SSSR count). The van der Waals surface area contributed by atoms with Crippen molar-refractivity contribution in [2.45, 2.75) is 19.4 Å². The van der Waals surface area contributed by atoms with Crippen LogP contribution in [0.1, 0.15) is 19.5 Å². The number of hydrogen-bond acceptors (Lipinski definition) is 2. The average molecular weight is 283 g/mol. The van der Waals surface area contributed by atoms with Crippen molar-refractivity contribution < 1.29 is 4.74 Å². The lowest BCUT2D eigenvalue weighted by Gasteiger charge is -2.17.